The average Bonchev–Trinajstić information content (AvgIpc) is 2.98. The summed E-state index contributed by atoms with van der Waals surface area (Å²) in [5, 5.41) is 1.88. The molecule has 0 atom stereocenters. The van der Waals surface area contributed by atoms with E-state index in [0.29, 0.717) is 0 Å². The van der Waals surface area contributed by atoms with E-state index in [9.17, 15) is 0 Å². The molecule has 0 nitrogen and oxygen atoms in total. The van der Waals surface area contributed by atoms with E-state index in [0.717, 1.165) is 0 Å². The van der Waals surface area contributed by atoms with Crippen LogP contribution in [0.25, 0.3) is 0 Å². The topological polar surface area (TPSA) is 0 Å². The molecule has 154 valence electrons. The van der Waals surface area contributed by atoms with Crippen LogP contribution in [0.5, 0.6) is 0 Å². The largest absolute Gasteiger partial charge is 1.00 e. The van der Waals surface area contributed by atoms with Gasteiger partial charge in [-0.1, -0.05) is 100 Å². The quantitative estimate of drug-likeness (QED) is 0.345. The molecule has 0 N–H and O–H groups in total. The molecule has 1 heterocycles. The van der Waals surface area contributed by atoms with Gasteiger partial charge < -0.3 is 24.8 Å². The first-order valence-corrected chi connectivity index (χ1v) is 12.5. The molecular formula is C23H37Cl2HfSi-3. The molecule has 0 aromatic heterocycles. The number of rotatable bonds is 4. The predicted molar refractivity (Wildman–Crippen MR) is 111 cm³/mol. The monoisotopic (exact) mass is 591 g/mol. The Morgan fingerprint density at radius 3 is 1.93 bits per heavy atom. The predicted octanol–water partition coefficient (Wildman–Crippen LogP) is 1.57. The van der Waals surface area contributed by atoms with Gasteiger partial charge in [0.1, 0.15) is 0 Å². The third-order valence-electron chi connectivity index (χ3n) is 6.61. The Hall–Kier alpha value is 0.627. The first kappa shape index (κ1) is 29.8. The van der Waals surface area contributed by atoms with Crippen LogP contribution in [0, 0.1) is 11.5 Å². The average molecular weight is 591 g/mol. The fourth-order valence-electron chi connectivity index (χ4n) is 4.29. The summed E-state index contributed by atoms with van der Waals surface area (Å²) in [5.74, 6) is 0. The van der Waals surface area contributed by atoms with Crippen molar-refractivity contribution in [1.29, 1.82) is 0 Å². The van der Waals surface area contributed by atoms with Crippen LogP contribution in [0.2, 0.25) is 18.1 Å². The van der Waals surface area contributed by atoms with E-state index in [-0.39, 0.29) is 56.1 Å². The molecule has 0 aromatic carbocycles. The van der Waals surface area contributed by atoms with Gasteiger partial charge in [0.05, 0.1) is 8.07 Å². The molecule has 0 amide bonds. The van der Waals surface area contributed by atoms with Crippen LogP contribution in [0.15, 0.2) is 39.6 Å². The molecule has 2 aliphatic carbocycles. The maximum Gasteiger partial charge on any atom is 0.0819 e. The SMILES string of the molecule is CC1=[C-]C(C)(C)C(C)=C1C.CCCC[Si]1(C2=CC(C)=CC2)CCC1.[Cl-].[Cl-].[Hf]. The molecule has 0 saturated carbocycles. The molecule has 0 aromatic rings. The smallest absolute Gasteiger partial charge is 0.0819 e. The summed E-state index contributed by atoms with van der Waals surface area (Å²) in [6, 6.07) is 4.77. The van der Waals surface area contributed by atoms with Crippen molar-refractivity contribution in [1.82, 2.24) is 0 Å². The first-order valence-electron chi connectivity index (χ1n) is 9.90. The van der Waals surface area contributed by atoms with E-state index in [1.165, 1.54) is 48.0 Å². The van der Waals surface area contributed by atoms with Crippen LogP contribution in [0.4, 0.5) is 0 Å². The number of allylic oxidation sites excluding steroid dienone is 8. The standard InChI is InChI=1S/C13H22Si.C10H15.2ClH.Hf/c1-3-4-8-14(9-5-10-14)13-7-6-12(2)11-13;1-7-6-10(4,5)9(3)8(7)2;;;/h6,11H,3-5,7-10H2,1-2H3;1-5H3;2*1H;/q;-1;;;/p-2. The van der Waals surface area contributed by atoms with E-state index in [2.05, 4.69) is 66.7 Å². The van der Waals surface area contributed by atoms with E-state index in [1.807, 2.05) is 5.20 Å². The Morgan fingerprint density at radius 1 is 1.07 bits per heavy atom. The van der Waals surface area contributed by atoms with Gasteiger partial charge in [-0.05, 0) is 13.3 Å². The van der Waals surface area contributed by atoms with Crippen molar-refractivity contribution in [2.45, 2.75) is 92.3 Å². The summed E-state index contributed by atoms with van der Waals surface area (Å²) in [4.78, 5) is 0. The van der Waals surface area contributed by atoms with Gasteiger partial charge in [-0.15, -0.1) is 6.92 Å². The van der Waals surface area contributed by atoms with Gasteiger partial charge >= 0.3 is 0 Å². The summed E-state index contributed by atoms with van der Waals surface area (Å²) in [5.41, 5.74) is 5.92. The fraction of sp³-hybridized carbons (Fsp3) is 0.652. The molecule has 27 heavy (non-hydrogen) atoms. The summed E-state index contributed by atoms with van der Waals surface area (Å²) in [6.45, 7) is 15.5. The minimum Gasteiger partial charge on any atom is -1.00 e. The molecule has 1 aliphatic heterocycles. The van der Waals surface area contributed by atoms with Gasteiger partial charge in [-0.3, -0.25) is 6.08 Å². The van der Waals surface area contributed by atoms with Crippen LogP contribution >= 0.6 is 0 Å². The molecule has 0 unspecified atom stereocenters. The van der Waals surface area contributed by atoms with Crippen molar-refractivity contribution in [2.75, 3.05) is 0 Å². The van der Waals surface area contributed by atoms with Crippen molar-refractivity contribution in [3.63, 3.8) is 0 Å². The molecule has 4 heteroatoms. The minimum absolute atomic E-state index is 0. The van der Waals surface area contributed by atoms with Gasteiger partial charge in [-0.25, -0.2) is 5.57 Å². The Bertz CT molecular complexity index is 608. The summed E-state index contributed by atoms with van der Waals surface area (Å²) in [7, 11) is -0.864. The molecule has 0 radical (unpaired) electrons. The third-order valence-corrected chi connectivity index (χ3v) is 12.3. The van der Waals surface area contributed by atoms with Crippen molar-refractivity contribution < 1.29 is 50.7 Å². The van der Waals surface area contributed by atoms with Crippen molar-refractivity contribution >= 4 is 8.07 Å². The van der Waals surface area contributed by atoms with Crippen LogP contribution in [-0.4, -0.2) is 8.07 Å². The van der Waals surface area contributed by atoms with E-state index >= 15 is 0 Å². The van der Waals surface area contributed by atoms with Crippen molar-refractivity contribution in [3.8, 4) is 0 Å². The second kappa shape index (κ2) is 12.4. The summed E-state index contributed by atoms with van der Waals surface area (Å²) >= 11 is 0. The van der Waals surface area contributed by atoms with Crippen LogP contribution in [-0.2, 0) is 25.8 Å². The Balaban J connectivity index is 0. The second-order valence-corrected chi connectivity index (χ2v) is 13.4. The zero-order valence-electron chi connectivity index (χ0n) is 18.4. The van der Waals surface area contributed by atoms with Crippen LogP contribution < -0.4 is 24.8 Å². The maximum absolute atomic E-state index is 3.44. The number of unbranched alkanes of at least 4 members (excludes halogenated alkanes) is 1. The van der Waals surface area contributed by atoms with E-state index in [1.54, 1.807) is 18.1 Å². The summed E-state index contributed by atoms with van der Waals surface area (Å²) < 4.78 is 0. The normalized spacial score (nSPS) is 21.2. The number of hydrogen-bond donors (Lipinski definition) is 0. The van der Waals surface area contributed by atoms with Gasteiger partial charge in [0, 0.05) is 25.8 Å². The zero-order chi connectivity index (χ0) is 18.0. The minimum atomic E-state index is -0.864. The van der Waals surface area contributed by atoms with Gasteiger partial charge in [0.15, 0.2) is 0 Å². The first-order chi connectivity index (χ1) is 11.2. The van der Waals surface area contributed by atoms with Crippen LogP contribution in [0.3, 0.4) is 0 Å². The molecule has 0 bridgehead atoms. The zero-order valence-corrected chi connectivity index (χ0v) is 24.5. The molecule has 3 aliphatic rings. The van der Waals surface area contributed by atoms with Gasteiger partial charge in [-0.2, -0.15) is 11.1 Å². The molecular weight excluding hydrogens is 554 g/mol. The summed E-state index contributed by atoms with van der Waals surface area (Å²) in [6.07, 6.45) is 14.1. The van der Waals surface area contributed by atoms with Crippen molar-refractivity contribution in [3.05, 3.63) is 45.7 Å². The molecule has 3 rings (SSSR count). The molecule has 1 fully saturated rings. The Kier molecular flexibility index (Phi) is 13.6. The fourth-order valence-corrected chi connectivity index (χ4v) is 9.06. The van der Waals surface area contributed by atoms with Gasteiger partial charge in [0.25, 0.3) is 0 Å². The molecule has 1 saturated heterocycles. The number of halogens is 2. The maximum atomic E-state index is 3.44. The van der Waals surface area contributed by atoms with Gasteiger partial charge in [0.2, 0.25) is 0 Å². The van der Waals surface area contributed by atoms with Crippen LogP contribution in [0.1, 0.15) is 74.1 Å². The Morgan fingerprint density at radius 2 is 1.67 bits per heavy atom. The third kappa shape index (κ3) is 7.12. The second-order valence-electron chi connectivity index (χ2n) is 8.68. The number of hydrogen-bond acceptors (Lipinski definition) is 0. The van der Waals surface area contributed by atoms with E-state index in [4.69, 9.17) is 0 Å². The van der Waals surface area contributed by atoms with E-state index < -0.39 is 8.07 Å². The van der Waals surface area contributed by atoms with Crippen molar-refractivity contribution in [2.24, 2.45) is 5.41 Å². The molecule has 0 spiro atoms. The Labute approximate surface area is 201 Å².